The zero-order valence-electron chi connectivity index (χ0n) is 12.3. The van der Waals surface area contributed by atoms with E-state index in [4.69, 9.17) is 5.11 Å². The number of carboxylic acids is 1. The third-order valence-electron chi connectivity index (χ3n) is 3.65. The van der Waals surface area contributed by atoms with Gasteiger partial charge in [0.25, 0.3) is 0 Å². The van der Waals surface area contributed by atoms with Crippen LogP contribution in [0.15, 0.2) is 35.2 Å². The number of aliphatic carboxylic acids is 1. The Bertz CT molecular complexity index is 676. The smallest absolute Gasteiger partial charge is 0.326 e. The first-order valence-electron chi connectivity index (χ1n) is 7.08. The van der Waals surface area contributed by atoms with E-state index in [1.165, 1.54) is 24.3 Å². The number of benzene rings is 1. The Balaban J connectivity index is 2.17. The minimum Gasteiger partial charge on any atom is -0.480 e. The summed E-state index contributed by atoms with van der Waals surface area (Å²) in [7, 11) is -3.99. The number of likely N-dealkylation sites (tertiary alicyclic amines) is 1. The van der Waals surface area contributed by atoms with E-state index >= 15 is 0 Å². The largest absolute Gasteiger partial charge is 0.480 e. The van der Waals surface area contributed by atoms with E-state index in [0.29, 0.717) is 12.8 Å². The lowest BCUT2D eigenvalue weighted by molar-refractivity contribution is -0.149. The van der Waals surface area contributed by atoms with Crippen molar-refractivity contribution in [3.63, 3.8) is 0 Å². The summed E-state index contributed by atoms with van der Waals surface area (Å²) in [6.45, 7) is -0.535. The van der Waals surface area contributed by atoms with Gasteiger partial charge in [-0.25, -0.2) is 13.2 Å². The van der Waals surface area contributed by atoms with Crippen LogP contribution in [0.4, 0.5) is 0 Å². The lowest BCUT2D eigenvalue weighted by Crippen LogP contribution is -2.53. The van der Waals surface area contributed by atoms with Crippen LogP contribution < -0.4 is 4.72 Å². The molecule has 1 aliphatic heterocycles. The standard InChI is InChI=1S/C14H18N2O6S/c17-9-11(13(18)16-8-4-7-12(16)14(19)20)15-23(21,22)10-5-2-1-3-6-10/h1-3,5-6,11-12,15,17H,4,7-9H2,(H,19,20)/t11-,12-/m0/s1. The summed E-state index contributed by atoms with van der Waals surface area (Å²) < 4.78 is 26.6. The molecule has 1 heterocycles. The predicted octanol–water partition coefficient (Wildman–Crippen LogP) is -0.599. The van der Waals surface area contributed by atoms with E-state index in [9.17, 15) is 23.1 Å². The molecule has 1 amide bonds. The second kappa shape index (κ2) is 7.07. The highest BCUT2D eigenvalue weighted by molar-refractivity contribution is 7.89. The quantitative estimate of drug-likeness (QED) is 0.634. The molecule has 2 rings (SSSR count). The number of hydrogen-bond donors (Lipinski definition) is 3. The fourth-order valence-electron chi connectivity index (χ4n) is 2.51. The maximum atomic E-state index is 12.4. The first kappa shape index (κ1) is 17.4. The van der Waals surface area contributed by atoms with Crippen LogP contribution in [0.2, 0.25) is 0 Å². The van der Waals surface area contributed by atoms with Crippen molar-refractivity contribution in [2.75, 3.05) is 13.2 Å². The van der Waals surface area contributed by atoms with Gasteiger partial charge in [-0.05, 0) is 25.0 Å². The Labute approximate surface area is 133 Å². The van der Waals surface area contributed by atoms with Gasteiger partial charge in [-0.1, -0.05) is 18.2 Å². The molecule has 9 heteroatoms. The topological polar surface area (TPSA) is 124 Å². The van der Waals surface area contributed by atoms with Crippen LogP contribution in [0.25, 0.3) is 0 Å². The highest BCUT2D eigenvalue weighted by atomic mass is 32.2. The normalized spacial score (nSPS) is 19.5. The molecule has 1 aromatic carbocycles. The van der Waals surface area contributed by atoms with Crippen molar-refractivity contribution in [2.24, 2.45) is 0 Å². The van der Waals surface area contributed by atoms with Crippen LogP contribution in [0.3, 0.4) is 0 Å². The Morgan fingerprint density at radius 3 is 2.52 bits per heavy atom. The van der Waals surface area contributed by atoms with Gasteiger partial charge < -0.3 is 15.1 Å². The highest BCUT2D eigenvalue weighted by Crippen LogP contribution is 2.19. The molecule has 1 saturated heterocycles. The van der Waals surface area contributed by atoms with E-state index < -0.39 is 40.6 Å². The summed E-state index contributed by atoms with van der Waals surface area (Å²) in [5.74, 6) is -1.88. The molecule has 0 saturated carbocycles. The van der Waals surface area contributed by atoms with Crippen molar-refractivity contribution in [1.29, 1.82) is 0 Å². The molecule has 1 aliphatic rings. The number of carbonyl (C=O) groups is 2. The number of nitrogens with one attached hydrogen (secondary N) is 1. The van der Waals surface area contributed by atoms with Crippen molar-refractivity contribution >= 4 is 21.9 Å². The van der Waals surface area contributed by atoms with Crippen LogP contribution in [0, 0.1) is 0 Å². The fraction of sp³-hybridized carbons (Fsp3) is 0.429. The van der Waals surface area contributed by atoms with Gasteiger partial charge in [-0.15, -0.1) is 0 Å². The first-order valence-corrected chi connectivity index (χ1v) is 8.56. The number of aliphatic hydroxyl groups excluding tert-OH is 1. The van der Waals surface area contributed by atoms with Crippen molar-refractivity contribution < 1.29 is 28.2 Å². The van der Waals surface area contributed by atoms with Gasteiger partial charge in [-0.3, -0.25) is 4.79 Å². The van der Waals surface area contributed by atoms with Gasteiger partial charge in [0.05, 0.1) is 11.5 Å². The molecule has 0 aromatic heterocycles. The number of sulfonamides is 1. The molecule has 1 aromatic rings. The molecular formula is C14H18N2O6S. The number of carbonyl (C=O) groups excluding carboxylic acids is 1. The third kappa shape index (κ3) is 3.87. The first-order chi connectivity index (χ1) is 10.9. The monoisotopic (exact) mass is 342 g/mol. The van der Waals surface area contributed by atoms with E-state index in [0.717, 1.165) is 4.90 Å². The van der Waals surface area contributed by atoms with Crippen molar-refractivity contribution in [3.8, 4) is 0 Å². The van der Waals surface area contributed by atoms with Gasteiger partial charge in [-0.2, -0.15) is 4.72 Å². The van der Waals surface area contributed by atoms with E-state index in [1.54, 1.807) is 6.07 Å². The van der Waals surface area contributed by atoms with Gasteiger partial charge >= 0.3 is 5.97 Å². The molecular weight excluding hydrogens is 324 g/mol. The highest BCUT2D eigenvalue weighted by Gasteiger charge is 2.38. The zero-order chi connectivity index (χ0) is 17.0. The number of nitrogens with zero attached hydrogens (tertiary/aromatic N) is 1. The minimum absolute atomic E-state index is 0.0394. The molecule has 23 heavy (non-hydrogen) atoms. The molecule has 8 nitrogen and oxygen atoms in total. The van der Waals surface area contributed by atoms with Gasteiger partial charge in [0.15, 0.2) is 0 Å². The van der Waals surface area contributed by atoms with Crippen LogP contribution in [0.5, 0.6) is 0 Å². The summed E-state index contributed by atoms with van der Waals surface area (Å²) in [5.41, 5.74) is 0. The summed E-state index contributed by atoms with van der Waals surface area (Å²) in [5, 5.41) is 18.5. The molecule has 0 spiro atoms. The average molecular weight is 342 g/mol. The van der Waals surface area contributed by atoms with Crippen molar-refractivity contribution in [2.45, 2.75) is 29.8 Å². The Morgan fingerprint density at radius 1 is 1.30 bits per heavy atom. The van der Waals surface area contributed by atoms with Gasteiger partial charge in [0.2, 0.25) is 15.9 Å². The number of amides is 1. The molecule has 3 N–H and O–H groups in total. The summed E-state index contributed by atoms with van der Waals surface area (Å²) in [6, 6.07) is 5.03. The number of hydrogen-bond acceptors (Lipinski definition) is 5. The Hall–Kier alpha value is -1.97. The molecule has 0 aliphatic carbocycles. The van der Waals surface area contributed by atoms with E-state index in [2.05, 4.69) is 4.72 Å². The Kier molecular flexibility index (Phi) is 5.34. The third-order valence-corrected chi connectivity index (χ3v) is 5.14. The maximum Gasteiger partial charge on any atom is 0.326 e. The van der Waals surface area contributed by atoms with Crippen LogP contribution in [-0.4, -0.2) is 60.6 Å². The van der Waals surface area contributed by atoms with E-state index in [-0.39, 0.29) is 11.4 Å². The molecule has 2 atom stereocenters. The zero-order valence-corrected chi connectivity index (χ0v) is 13.1. The van der Waals surface area contributed by atoms with Crippen molar-refractivity contribution in [3.05, 3.63) is 30.3 Å². The van der Waals surface area contributed by atoms with Crippen LogP contribution in [0.1, 0.15) is 12.8 Å². The fourth-order valence-corrected chi connectivity index (χ4v) is 3.71. The Morgan fingerprint density at radius 2 is 1.96 bits per heavy atom. The second-order valence-electron chi connectivity index (χ2n) is 5.20. The van der Waals surface area contributed by atoms with Crippen molar-refractivity contribution in [1.82, 2.24) is 9.62 Å². The van der Waals surface area contributed by atoms with Gasteiger partial charge in [0, 0.05) is 6.54 Å². The number of aliphatic hydroxyl groups is 1. The lowest BCUT2D eigenvalue weighted by atomic mass is 10.2. The number of rotatable bonds is 6. The molecule has 1 fully saturated rings. The predicted molar refractivity (Wildman–Crippen MR) is 80.0 cm³/mol. The second-order valence-corrected chi connectivity index (χ2v) is 6.91. The number of carboxylic acid groups (broad SMARTS) is 1. The molecule has 0 radical (unpaired) electrons. The summed E-state index contributed by atoms with van der Waals surface area (Å²) >= 11 is 0. The van der Waals surface area contributed by atoms with Gasteiger partial charge in [0.1, 0.15) is 12.1 Å². The lowest BCUT2D eigenvalue weighted by Gasteiger charge is -2.26. The molecule has 0 unspecified atom stereocenters. The summed E-state index contributed by atoms with van der Waals surface area (Å²) in [6.07, 6.45) is 0.830. The average Bonchev–Trinajstić information content (AvgIpc) is 3.02. The van der Waals surface area contributed by atoms with Crippen LogP contribution in [-0.2, 0) is 19.6 Å². The molecule has 126 valence electrons. The molecule has 0 bridgehead atoms. The van der Waals surface area contributed by atoms with E-state index in [1.807, 2.05) is 0 Å². The minimum atomic E-state index is -3.99. The van der Waals surface area contributed by atoms with Crippen LogP contribution >= 0.6 is 0 Å². The SMILES string of the molecule is O=C(O)[C@@H]1CCCN1C(=O)[C@H](CO)NS(=O)(=O)c1ccccc1. The summed E-state index contributed by atoms with van der Waals surface area (Å²) in [4.78, 5) is 24.6. The maximum absolute atomic E-state index is 12.4.